The highest BCUT2D eigenvalue weighted by atomic mass is 32.2. The van der Waals surface area contributed by atoms with Crippen LogP contribution < -0.4 is 5.32 Å². The molecule has 0 atom stereocenters. The molecule has 1 fully saturated rings. The van der Waals surface area contributed by atoms with Crippen molar-refractivity contribution < 1.29 is 18.0 Å². The molecule has 5 nitrogen and oxygen atoms in total. The van der Waals surface area contributed by atoms with Crippen LogP contribution in [-0.4, -0.2) is 52.5 Å². The van der Waals surface area contributed by atoms with Gasteiger partial charge >= 0.3 is 11.5 Å². The molecule has 1 aliphatic rings. The van der Waals surface area contributed by atoms with Gasteiger partial charge in [0.05, 0.1) is 0 Å². The van der Waals surface area contributed by atoms with Crippen LogP contribution in [0.1, 0.15) is 12.0 Å². The van der Waals surface area contributed by atoms with Gasteiger partial charge in [-0.1, -0.05) is 0 Å². The Kier molecular flexibility index (Phi) is 6.79. The molecule has 2 aromatic rings. The third-order valence-corrected chi connectivity index (χ3v) is 5.11. The number of carbonyl (C=O) groups excluding carboxylic acids is 1. The van der Waals surface area contributed by atoms with E-state index in [4.69, 9.17) is 0 Å². The van der Waals surface area contributed by atoms with E-state index in [1.807, 2.05) is 12.1 Å². The van der Waals surface area contributed by atoms with Gasteiger partial charge in [0.15, 0.2) is 0 Å². The van der Waals surface area contributed by atoms with Crippen LogP contribution in [0.3, 0.4) is 0 Å². The van der Waals surface area contributed by atoms with E-state index in [1.54, 1.807) is 17.3 Å². The smallest absolute Gasteiger partial charge is 0.323 e. The molecule has 0 unspecified atom stereocenters. The molecule has 0 aliphatic carbocycles. The molecule has 150 valence electrons. The zero-order valence-electron chi connectivity index (χ0n) is 15.2. The largest absolute Gasteiger partial charge is 0.446 e. The molecular formula is C19H21F3N4OS. The van der Waals surface area contributed by atoms with E-state index in [-0.39, 0.29) is 22.7 Å². The number of aromatic nitrogens is 1. The standard InChI is InChI=1S/C19H21F3N4OS/c20-19(21,22)28-17-4-2-16(3-5-17)24-18(27)26-11-1-10-25(12-13-26)14-15-6-8-23-9-7-15/h2-9H,1,10-14H2,(H,24,27). The highest BCUT2D eigenvalue weighted by molar-refractivity contribution is 8.00. The first-order chi connectivity index (χ1) is 13.4. The monoisotopic (exact) mass is 410 g/mol. The topological polar surface area (TPSA) is 48.5 Å². The Morgan fingerprint density at radius 3 is 2.43 bits per heavy atom. The Balaban J connectivity index is 1.50. The van der Waals surface area contributed by atoms with Crippen molar-refractivity contribution in [2.75, 3.05) is 31.5 Å². The van der Waals surface area contributed by atoms with Gasteiger partial charge in [-0.05, 0) is 60.1 Å². The second-order valence-corrected chi connectivity index (χ2v) is 7.61. The first-order valence-electron chi connectivity index (χ1n) is 8.92. The van der Waals surface area contributed by atoms with Crippen LogP contribution in [0.4, 0.5) is 23.7 Å². The van der Waals surface area contributed by atoms with Crippen LogP contribution in [0.25, 0.3) is 0 Å². The summed E-state index contributed by atoms with van der Waals surface area (Å²) < 4.78 is 37.1. The molecule has 2 amide bonds. The summed E-state index contributed by atoms with van der Waals surface area (Å²) in [5, 5.41) is 2.76. The summed E-state index contributed by atoms with van der Waals surface area (Å²) in [5.74, 6) is 0. The second kappa shape index (κ2) is 9.29. The molecule has 1 aromatic heterocycles. The van der Waals surface area contributed by atoms with E-state index in [9.17, 15) is 18.0 Å². The Morgan fingerprint density at radius 2 is 1.75 bits per heavy atom. The number of pyridine rings is 1. The van der Waals surface area contributed by atoms with Crippen molar-refractivity contribution in [3.05, 3.63) is 54.4 Å². The number of benzene rings is 1. The molecule has 0 spiro atoms. The van der Waals surface area contributed by atoms with Gasteiger partial charge < -0.3 is 10.2 Å². The summed E-state index contributed by atoms with van der Waals surface area (Å²) in [6.07, 6.45) is 4.40. The van der Waals surface area contributed by atoms with Gasteiger partial charge in [-0.3, -0.25) is 9.88 Å². The van der Waals surface area contributed by atoms with Crippen LogP contribution in [0, 0.1) is 0 Å². The number of hydrogen-bond acceptors (Lipinski definition) is 4. The number of carbonyl (C=O) groups is 1. The van der Waals surface area contributed by atoms with Crippen molar-refractivity contribution in [2.24, 2.45) is 0 Å². The number of thioether (sulfide) groups is 1. The van der Waals surface area contributed by atoms with Crippen LogP contribution in [0.2, 0.25) is 0 Å². The molecule has 2 heterocycles. The maximum absolute atomic E-state index is 12.5. The Bertz CT molecular complexity index is 771. The SMILES string of the molecule is O=C(Nc1ccc(SC(F)(F)F)cc1)N1CCCN(Cc2ccncc2)CC1. The van der Waals surface area contributed by atoms with E-state index >= 15 is 0 Å². The number of halogens is 3. The predicted octanol–water partition coefficient (Wildman–Crippen LogP) is 4.43. The van der Waals surface area contributed by atoms with Crippen molar-refractivity contribution >= 4 is 23.5 Å². The first-order valence-corrected chi connectivity index (χ1v) is 9.74. The summed E-state index contributed by atoms with van der Waals surface area (Å²) in [7, 11) is 0. The summed E-state index contributed by atoms with van der Waals surface area (Å²) in [4.78, 5) is 20.6. The highest BCUT2D eigenvalue weighted by Gasteiger charge is 2.29. The summed E-state index contributed by atoms with van der Waals surface area (Å²) in [5.41, 5.74) is -2.65. The van der Waals surface area contributed by atoms with E-state index in [2.05, 4.69) is 15.2 Å². The highest BCUT2D eigenvalue weighted by Crippen LogP contribution is 2.37. The number of alkyl halides is 3. The molecule has 1 aliphatic heterocycles. The van der Waals surface area contributed by atoms with Gasteiger partial charge in [0.25, 0.3) is 0 Å². The second-order valence-electron chi connectivity index (χ2n) is 6.47. The Hall–Kier alpha value is -2.26. The summed E-state index contributed by atoms with van der Waals surface area (Å²) in [6, 6.07) is 9.41. The number of hydrogen-bond donors (Lipinski definition) is 1. The fourth-order valence-corrected chi connectivity index (χ4v) is 3.56. The molecule has 9 heteroatoms. The van der Waals surface area contributed by atoms with Crippen molar-refractivity contribution in [1.82, 2.24) is 14.8 Å². The van der Waals surface area contributed by atoms with Crippen molar-refractivity contribution in [2.45, 2.75) is 23.4 Å². The van der Waals surface area contributed by atoms with E-state index in [0.29, 0.717) is 18.8 Å². The van der Waals surface area contributed by atoms with Crippen molar-refractivity contribution in [3.8, 4) is 0 Å². The van der Waals surface area contributed by atoms with Crippen LogP contribution >= 0.6 is 11.8 Å². The lowest BCUT2D eigenvalue weighted by molar-refractivity contribution is -0.0328. The normalized spacial score (nSPS) is 15.9. The van der Waals surface area contributed by atoms with Crippen LogP contribution in [0.15, 0.2) is 53.7 Å². The zero-order valence-corrected chi connectivity index (χ0v) is 16.0. The average molecular weight is 410 g/mol. The fraction of sp³-hybridized carbons (Fsp3) is 0.368. The van der Waals surface area contributed by atoms with Crippen LogP contribution in [-0.2, 0) is 6.54 Å². The number of anilines is 1. The third-order valence-electron chi connectivity index (χ3n) is 4.37. The van der Waals surface area contributed by atoms with Gasteiger partial charge in [0, 0.05) is 55.7 Å². The molecule has 0 saturated carbocycles. The minimum Gasteiger partial charge on any atom is -0.323 e. The predicted molar refractivity (Wildman–Crippen MR) is 103 cm³/mol. The first kappa shape index (κ1) is 20.5. The van der Waals surface area contributed by atoms with Gasteiger partial charge in [-0.25, -0.2) is 4.79 Å². The molecule has 0 bridgehead atoms. The number of amides is 2. The van der Waals surface area contributed by atoms with Crippen molar-refractivity contribution in [1.29, 1.82) is 0 Å². The minimum absolute atomic E-state index is 0.0898. The molecule has 1 saturated heterocycles. The Labute approximate surface area is 165 Å². The quantitative estimate of drug-likeness (QED) is 0.758. The number of urea groups is 1. The van der Waals surface area contributed by atoms with E-state index < -0.39 is 5.51 Å². The number of rotatable bonds is 4. The third kappa shape index (κ3) is 6.42. The number of nitrogens with one attached hydrogen (secondary N) is 1. The molecule has 1 N–H and O–H groups in total. The van der Waals surface area contributed by atoms with Gasteiger partial charge in [0.1, 0.15) is 0 Å². The Morgan fingerprint density at radius 1 is 1.04 bits per heavy atom. The van der Waals surface area contributed by atoms with E-state index in [0.717, 1.165) is 26.1 Å². The summed E-state index contributed by atoms with van der Waals surface area (Å²) in [6.45, 7) is 3.71. The summed E-state index contributed by atoms with van der Waals surface area (Å²) >= 11 is -0.173. The van der Waals surface area contributed by atoms with Gasteiger partial charge in [-0.2, -0.15) is 13.2 Å². The van der Waals surface area contributed by atoms with Crippen LogP contribution in [0.5, 0.6) is 0 Å². The lowest BCUT2D eigenvalue weighted by Crippen LogP contribution is -2.38. The molecular weight excluding hydrogens is 389 g/mol. The van der Waals surface area contributed by atoms with Gasteiger partial charge in [-0.15, -0.1) is 0 Å². The van der Waals surface area contributed by atoms with Gasteiger partial charge in [0.2, 0.25) is 0 Å². The maximum atomic E-state index is 12.5. The molecule has 3 rings (SSSR count). The van der Waals surface area contributed by atoms with Crippen molar-refractivity contribution in [3.63, 3.8) is 0 Å². The average Bonchev–Trinajstić information content (AvgIpc) is 2.89. The van der Waals surface area contributed by atoms with E-state index in [1.165, 1.54) is 29.8 Å². The zero-order chi connectivity index (χ0) is 20.0. The lowest BCUT2D eigenvalue weighted by Gasteiger charge is -2.22. The fourth-order valence-electron chi connectivity index (χ4n) is 3.02. The molecule has 0 radical (unpaired) electrons. The minimum atomic E-state index is -4.32. The molecule has 28 heavy (non-hydrogen) atoms. The maximum Gasteiger partial charge on any atom is 0.446 e. The number of nitrogens with zero attached hydrogens (tertiary/aromatic N) is 3. The molecule has 1 aromatic carbocycles. The lowest BCUT2D eigenvalue weighted by atomic mass is 10.2.